The number of hydrogen-bond donors (Lipinski definition) is 2. The first-order valence-corrected chi connectivity index (χ1v) is 13.7. The second-order valence-electron chi connectivity index (χ2n) is 11.2. The second-order valence-corrected chi connectivity index (χ2v) is 11.2. The molecule has 0 aromatic rings. The van der Waals surface area contributed by atoms with Crippen molar-refractivity contribution in [2.24, 2.45) is 0 Å². The van der Waals surface area contributed by atoms with Crippen LogP contribution in [0.1, 0.15) is 96.3 Å². The molecule has 2 N–H and O–H groups in total. The van der Waals surface area contributed by atoms with Gasteiger partial charge in [-0.3, -0.25) is 9.59 Å². The average Bonchev–Trinajstić information content (AvgIpc) is 3.48. The Hall–Kier alpha value is -1.22. The molecule has 188 valence electrons. The molecule has 0 aromatic heterocycles. The highest BCUT2D eigenvalue weighted by molar-refractivity contribution is 5.81. The van der Waals surface area contributed by atoms with Gasteiger partial charge >= 0.3 is 0 Å². The fraction of sp³-hybridized carbons (Fsp3) is 0.920. The first kappa shape index (κ1) is 24.9. The van der Waals surface area contributed by atoms with Gasteiger partial charge in [0.25, 0.3) is 11.8 Å². The molecule has 2 saturated carbocycles. The van der Waals surface area contributed by atoms with Gasteiger partial charge in [0.05, 0.1) is 26.2 Å². The summed E-state index contributed by atoms with van der Waals surface area (Å²) >= 11 is 0. The molecule has 0 spiro atoms. The summed E-state index contributed by atoms with van der Waals surface area (Å²) in [6.45, 7) is 1.49. The minimum absolute atomic E-state index is 0.0885. The summed E-state index contributed by atoms with van der Waals surface area (Å²) in [5.41, 5.74) is 0. The highest BCUT2D eigenvalue weighted by Gasteiger charge is 2.41. The molecule has 2 heterocycles. The maximum absolute atomic E-state index is 13.7. The molecule has 33 heavy (non-hydrogen) atoms. The van der Waals surface area contributed by atoms with Crippen LogP contribution in [-0.2, 0) is 9.59 Å². The Morgan fingerprint density at radius 3 is 1.36 bits per heavy atom. The van der Waals surface area contributed by atoms with Gasteiger partial charge in [0.1, 0.15) is 0 Å². The molecule has 4 fully saturated rings. The quantitative estimate of drug-likeness (QED) is 0.425. The van der Waals surface area contributed by atoms with Crippen LogP contribution in [0.4, 0.5) is 0 Å². The maximum Gasteiger partial charge on any atom is 0.278 e. The lowest BCUT2D eigenvalue weighted by atomic mass is 9.98. The first-order valence-electron chi connectivity index (χ1n) is 13.7. The molecule has 8 heteroatoms. The molecule has 4 aliphatic rings. The second kappa shape index (κ2) is 11.0. The van der Waals surface area contributed by atoms with E-state index in [0.29, 0.717) is 45.4 Å². The Balaban J connectivity index is 1.33. The summed E-state index contributed by atoms with van der Waals surface area (Å²) in [6.07, 6.45) is 13.8. The van der Waals surface area contributed by atoms with Crippen LogP contribution < -0.4 is 10.6 Å². The number of nitrogens with zero attached hydrogens (tertiary/aromatic N) is 2. The standard InChI is InChI=1S/C25H44N4O4/c30-24(26-20-10-1-2-11-20)22-14-5-7-16-28(22,32)18-9-19-29(33)17-8-6-15-23(29)25(31)27-21-12-3-4-13-21/h20-23H,1-19H2,(H,26,30)(H,27,31)/t22-,23-,28+,29+/m0/s1. The summed E-state index contributed by atoms with van der Waals surface area (Å²) in [5.74, 6) is -0.177. The van der Waals surface area contributed by atoms with Crippen molar-refractivity contribution in [3.05, 3.63) is 10.4 Å². The first-order chi connectivity index (χ1) is 15.9. The zero-order valence-corrected chi connectivity index (χ0v) is 20.3. The van der Waals surface area contributed by atoms with Crippen molar-refractivity contribution in [2.75, 3.05) is 26.2 Å². The number of likely N-dealkylation sites (tertiary alicyclic amines) is 2. The average molecular weight is 465 g/mol. The largest absolute Gasteiger partial charge is 0.632 e. The highest BCUT2D eigenvalue weighted by Crippen LogP contribution is 2.30. The summed E-state index contributed by atoms with van der Waals surface area (Å²) in [5, 5.41) is 33.8. The Morgan fingerprint density at radius 2 is 0.970 bits per heavy atom. The van der Waals surface area contributed by atoms with Gasteiger partial charge < -0.3 is 30.3 Å². The van der Waals surface area contributed by atoms with E-state index in [9.17, 15) is 20.0 Å². The van der Waals surface area contributed by atoms with E-state index < -0.39 is 21.4 Å². The van der Waals surface area contributed by atoms with Crippen molar-refractivity contribution in [2.45, 2.75) is 120 Å². The molecule has 2 aliphatic heterocycles. The third-order valence-electron chi connectivity index (χ3n) is 8.75. The molecular formula is C25H44N4O4. The van der Waals surface area contributed by atoms with Crippen LogP contribution >= 0.6 is 0 Å². The van der Waals surface area contributed by atoms with Gasteiger partial charge in [0.2, 0.25) is 0 Å². The summed E-state index contributed by atoms with van der Waals surface area (Å²) in [4.78, 5) is 25.9. The van der Waals surface area contributed by atoms with Crippen molar-refractivity contribution in [3.63, 3.8) is 0 Å². The Kier molecular flexibility index (Phi) is 8.31. The Labute approximate surface area is 198 Å². The molecule has 0 unspecified atom stereocenters. The van der Waals surface area contributed by atoms with E-state index in [0.717, 1.165) is 77.0 Å². The SMILES string of the molecule is O=C(NC1CCCC1)[C@@H]1CCCC[N@@+]1([O-])CCC[N@+]1([O-])CCCC[C@H]1C(=O)NC1CCCC1. The third kappa shape index (κ3) is 6.08. The van der Waals surface area contributed by atoms with Crippen molar-refractivity contribution in [1.82, 2.24) is 10.6 Å². The topological polar surface area (TPSA) is 104 Å². The number of nitrogens with one attached hydrogen (secondary N) is 2. The van der Waals surface area contributed by atoms with E-state index in [-0.39, 0.29) is 23.9 Å². The predicted molar refractivity (Wildman–Crippen MR) is 127 cm³/mol. The van der Waals surface area contributed by atoms with Gasteiger partial charge in [0.15, 0.2) is 12.1 Å². The van der Waals surface area contributed by atoms with E-state index in [2.05, 4.69) is 10.6 Å². The van der Waals surface area contributed by atoms with E-state index >= 15 is 0 Å². The van der Waals surface area contributed by atoms with Crippen molar-refractivity contribution < 1.29 is 18.9 Å². The molecule has 0 aromatic carbocycles. The fourth-order valence-electron chi connectivity index (χ4n) is 6.78. The van der Waals surface area contributed by atoms with Gasteiger partial charge in [-0.15, -0.1) is 0 Å². The molecule has 4 atom stereocenters. The van der Waals surface area contributed by atoms with Crippen molar-refractivity contribution in [1.29, 1.82) is 0 Å². The van der Waals surface area contributed by atoms with Crippen molar-refractivity contribution >= 4 is 11.8 Å². The van der Waals surface area contributed by atoms with Crippen LogP contribution in [0.2, 0.25) is 0 Å². The number of hydrogen-bond acceptors (Lipinski definition) is 4. The van der Waals surface area contributed by atoms with Gasteiger partial charge in [0, 0.05) is 31.3 Å². The molecule has 4 rings (SSSR count). The molecule has 0 radical (unpaired) electrons. The van der Waals surface area contributed by atoms with Gasteiger partial charge in [-0.1, -0.05) is 25.7 Å². The number of hydroxylamine groups is 6. The number of piperidine rings is 2. The van der Waals surface area contributed by atoms with Crippen molar-refractivity contribution in [3.8, 4) is 0 Å². The van der Waals surface area contributed by atoms with Crippen LogP contribution in [0.15, 0.2) is 0 Å². The molecule has 2 saturated heterocycles. The predicted octanol–water partition coefficient (Wildman–Crippen LogP) is 3.23. The zero-order valence-electron chi connectivity index (χ0n) is 20.3. The third-order valence-corrected chi connectivity index (χ3v) is 8.75. The minimum Gasteiger partial charge on any atom is -0.632 e. The number of quaternary nitrogens is 2. The van der Waals surface area contributed by atoms with Gasteiger partial charge in [-0.25, -0.2) is 0 Å². The Bertz CT molecular complexity index is 623. The van der Waals surface area contributed by atoms with Crippen LogP contribution in [0.25, 0.3) is 0 Å². The molecule has 2 aliphatic carbocycles. The van der Waals surface area contributed by atoms with Crippen LogP contribution in [0.5, 0.6) is 0 Å². The lowest BCUT2D eigenvalue weighted by molar-refractivity contribution is -0.919. The van der Waals surface area contributed by atoms with E-state index in [4.69, 9.17) is 0 Å². The molecule has 0 bridgehead atoms. The number of amides is 2. The smallest absolute Gasteiger partial charge is 0.278 e. The normalized spacial score (nSPS) is 36.1. The fourth-order valence-corrected chi connectivity index (χ4v) is 6.78. The van der Waals surface area contributed by atoms with E-state index in [1.807, 2.05) is 0 Å². The van der Waals surface area contributed by atoms with E-state index in [1.165, 1.54) is 0 Å². The number of carbonyl (C=O) groups is 2. The van der Waals surface area contributed by atoms with Crippen LogP contribution in [0.3, 0.4) is 0 Å². The summed E-state index contributed by atoms with van der Waals surface area (Å²) in [7, 11) is 0. The monoisotopic (exact) mass is 464 g/mol. The summed E-state index contributed by atoms with van der Waals surface area (Å²) < 4.78 is -1.00. The minimum atomic E-state index is -0.553. The lowest BCUT2D eigenvalue weighted by Crippen LogP contribution is -2.63. The number of rotatable bonds is 8. The molecule has 2 amide bonds. The van der Waals surface area contributed by atoms with Crippen LogP contribution in [-0.4, -0.2) is 71.5 Å². The number of carbonyl (C=O) groups excluding carboxylic acids is 2. The van der Waals surface area contributed by atoms with Crippen LogP contribution in [0, 0.1) is 10.4 Å². The summed E-state index contributed by atoms with van der Waals surface area (Å²) in [6, 6.07) is -0.670. The highest BCUT2D eigenvalue weighted by atomic mass is 16.6. The lowest BCUT2D eigenvalue weighted by Gasteiger charge is -2.53. The zero-order chi connectivity index (χ0) is 23.3. The van der Waals surface area contributed by atoms with Gasteiger partial charge in [-0.05, 0) is 51.4 Å². The maximum atomic E-state index is 13.7. The Morgan fingerprint density at radius 1 is 0.606 bits per heavy atom. The van der Waals surface area contributed by atoms with Gasteiger partial charge in [-0.2, -0.15) is 0 Å². The van der Waals surface area contributed by atoms with E-state index in [1.54, 1.807) is 0 Å². The molecular weight excluding hydrogens is 420 g/mol. The molecule has 8 nitrogen and oxygen atoms in total.